The molecule has 134 valence electrons. The zero-order chi connectivity index (χ0) is 18.1. The van der Waals surface area contributed by atoms with E-state index in [0.29, 0.717) is 17.1 Å². The van der Waals surface area contributed by atoms with Gasteiger partial charge >= 0.3 is 0 Å². The molecule has 0 saturated heterocycles. The molecule has 0 fully saturated rings. The number of hydrogen-bond acceptors (Lipinski definition) is 5. The van der Waals surface area contributed by atoms with E-state index in [9.17, 15) is 9.90 Å². The van der Waals surface area contributed by atoms with Crippen molar-refractivity contribution in [1.29, 1.82) is 0 Å². The van der Waals surface area contributed by atoms with Crippen molar-refractivity contribution in [3.63, 3.8) is 0 Å². The summed E-state index contributed by atoms with van der Waals surface area (Å²) in [6.07, 6.45) is 3.82. The van der Waals surface area contributed by atoms with Crippen LogP contribution in [-0.2, 0) is 9.63 Å². The number of hydrogen-bond donors (Lipinski definition) is 1. The Labute approximate surface area is 154 Å². The Balaban J connectivity index is 2.99. The maximum atomic E-state index is 12.5. The van der Waals surface area contributed by atoms with Gasteiger partial charge in [0.25, 0.3) is 0 Å². The van der Waals surface area contributed by atoms with Crippen molar-refractivity contribution in [3.05, 3.63) is 22.9 Å². The first-order valence-corrected chi connectivity index (χ1v) is 8.99. The second-order valence-corrected chi connectivity index (χ2v) is 6.36. The standard InChI is InChI=1S/C17H25ClN2O3S/c1-4-7-13(19-23-9-6-8-18)16-14(21)10-20(11-15(16)22)17(24)12(3)5-2/h6,8,12,21H,4-5,7,9-11H2,1-3H3. The predicted octanol–water partition coefficient (Wildman–Crippen LogP) is 3.98. The molecule has 1 atom stereocenters. The van der Waals surface area contributed by atoms with Crippen molar-refractivity contribution in [2.45, 2.75) is 40.0 Å². The summed E-state index contributed by atoms with van der Waals surface area (Å²) in [5.74, 6) is 0.00489. The van der Waals surface area contributed by atoms with Crippen LogP contribution < -0.4 is 0 Å². The van der Waals surface area contributed by atoms with E-state index in [4.69, 9.17) is 28.7 Å². The fraction of sp³-hybridized carbons (Fsp3) is 0.588. The lowest BCUT2D eigenvalue weighted by atomic mass is 9.96. The van der Waals surface area contributed by atoms with Crippen LogP contribution in [0.4, 0.5) is 0 Å². The van der Waals surface area contributed by atoms with Crippen LogP contribution in [0.1, 0.15) is 40.0 Å². The molecule has 0 aromatic rings. The van der Waals surface area contributed by atoms with Gasteiger partial charge in [-0.25, -0.2) is 0 Å². The van der Waals surface area contributed by atoms with Gasteiger partial charge < -0.3 is 14.8 Å². The first-order valence-electron chi connectivity index (χ1n) is 8.14. The van der Waals surface area contributed by atoms with E-state index in [1.807, 2.05) is 20.8 Å². The summed E-state index contributed by atoms with van der Waals surface area (Å²) in [5.41, 5.74) is 2.07. The van der Waals surface area contributed by atoms with Crippen LogP contribution in [0.5, 0.6) is 0 Å². The number of ketones is 1. The third-order valence-electron chi connectivity index (χ3n) is 3.80. The van der Waals surface area contributed by atoms with Crippen molar-refractivity contribution < 1.29 is 14.7 Å². The average Bonchev–Trinajstić information content (AvgIpc) is 2.56. The number of nitrogens with zero attached hydrogens (tertiary/aromatic N) is 2. The monoisotopic (exact) mass is 372 g/mol. The second kappa shape index (κ2) is 10.5. The summed E-state index contributed by atoms with van der Waals surface area (Å²) in [6.45, 7) is 6.64. The van der Waals surface area contributed by atoms with E-state index >= 15 is 0 Å². The highest BCUT2D eigenvalue weighted by atomic mass is 35.5. The van der Waals surface area contributed by atoms with E-state index in [1.165, 1.54) is 5.54 Å². The Kier molecular flexibility index (Phi) is 9.00. The minimum atomic E-state index is -0.187. The molecule has 1 unspecified atom stereocenters. The molecule has 5 nitrogen and oxygen atoms in total. The van der Waals surface area contributed by atoms with Crippen LogP contribution in [-0.4, -0.2) is 46.2 Å². The van der Waals surface area contributed by atoms with Gasteiger partial charge in [0.1, 0.15) is 12.4 Å². The van der Waals surface area contributed by atoms with Gasteiger partial charge in [-0.1, -0.05) is 56.2 Å². The molecule has 0 aromatic carbocycles. The van der Waals surface area contributed by atoms with Crippen LogP contribution >= 0.6 is 23.8 Å². The molecule has 1 aliphatic rings. The highest BCUT2D eigenvalue weighted by Gasteiger charge is 2.31. The van der Waals surface area contributed by atoms with Crippen molar-refractivity contribution >= 4 is 40.3 Å². The molecule has 0 bridgehead atoms. The van der Waals surface area contributed by atoms with Gasteiger partial charge in [-0.3, -0.25) is 4.79 Å². The molecular formula is C17H25ClN2O3S. The second-order valence-electron chi connectivity index (χ2n) is 5.69. The number of Topliss-reactive ketones (excluding diaryl/α,β-unsaturated/α-hetero) is 1. The molecular weight excluding hydrogens is 348 g/mol. The van der Waals surface area contributed by atoms with Crippen LogP contribution in [0.2, 0.25) is 0 Å². The minimum Gasteiger partial charge on any atom is -0.510 e. The zero-order valence-corrected chi connectivity index (χ0v) is 16.0. The summed E-state index contributed by atoms with van der Waals surface area (Å²) in [4.78, 5) is 20.2. The summed E-state index contributed by atoms with van der Waals surface area (Å²) in [5, 5.41) is 14.4. The molecule has 0 aromatic heterocycles. The number of oxime groups is 1. The fourth-order valence-corrected chi connectivity index (χ4v) is 2.71. The quantitative estimate of drug-likeness (QED) is 0.302. The average molecular weight is 373 g/mol. The van der Waals surface area contributed by atoms with Crippen molar-refractivity contribution in [2.24, 2.45) is 11.1 Å². The SMILES string of the molecule is CCCC(=NOCC=CCl)C1=C(O)CN(C(=S)C(C)CC)CC1=O. The number of rotatable bonds is 8. The van der Waals surface area contributed by atoms with Gasteiger partial charge in [-0.2, -0.15) is 0 Å². The van der Waals surface area contributed by atoms with Crippen LogP contribution in [0.3, 0.4) is 0 Å². The predicted molar refractivity (Wildman–Crippen MR) is 102 cm³/mol. The lowest BCUT2D eigenvalue weighted by Gasteiger charge is -2.31. The van der Waals surface area contributed by atoms with Crippen molar-refractivity contribution in [2.75, 3.05) is 19.7 Å². The van der Waals surface area contributed by atoms with Gasteiger partial charge in [0.05, 0.1) is 29.4 Å². The topological polar surface area (TPSA) is 62.1 Å². The summed E-state index contributed by atoms with van der Waals surface area (Å²) in [7, 11) is 0. The molecule has 0 amide bonds. The molecule has 1 heterocycles. The van der Waals surface area contributed by atoms with E-state index in [0.717, 1.165) is 12.8 Å². The summed E-state index contributed by atoms with van der Waals surface area (Å²) < 4.78 is 0. The largest absolute Gasteiger partial charge is 0.510 e. The molecule has 0 radical (unpaired) electrons. The molecule has 0 spiro atoms. The number of halogens is 1. The Morgan fingerprint density at radius 3 is 2.75 bits per heavy atom. The van der Waals surface area contributed by atoms with Gasteiger partial charge in [0, 0.05) is 11.5 Å². The Hall–Kier alpha value is -1.40. The molecule has 1 N–H and O–H groups in total. The summed E-state index contributed by atoms with van der Waals surface area (Å²) in [6, 6.07) is 0. The first kappa shape index (κ1) is 20.6. The van der Waals surface area contributed by atoms with Gasteiger partial charge in [-0.15, -0.1) is 0 Å². The molecule has 0 aliphatic carbocycles. The van der Waals surface area contributed by atoms with Crippen LogP contribution in [0.15, 0.2) is 28.1 Å². The highest BCUT2D eigenvalue weighted by molar-refractivity contribution is 7.80. The third-order valence-corrected chi connectivity index (χ3v) is 4.64. The fourth-order valence-electron chi connectivity index (χ4n) is 2.35. The van der Waals surface area contributed by atoms with Gasteiger partial charge in [0.2, 0.25) is 0 Å². The van der Waals surface area contributed by atoms with Crippen LogP contribution in [0.25, 0.3) is 0 Å². The number of carbonyl (C=O) groups is 1. The number of aliphatic hydroxyl groups is 1. The first-order chi connectivity index (χ1) is 11.5. The van der Waals surface area contributed by atoms with Crippen molar-refractivity contribution in [3.8, 4) is 0 Å². The number of carbonyl (C=O) groups excluding carboxylic acids is 1. The number of aliphatic hydroxyl groups excluding tert-OH is 1. The molecule has 0 saturated carbocycles. The third kappa shape index (κ3) is 5.60. The van der Waals surface area contributed by atoms with Crippen molar-refractivity contribution in [1.82, 2.24) is 4.90 Å². The zero-order valence-electron chi connectivity index (χ0n) is 14.4. The lowest BCUT2D eigenvalue weighted by Crippen LogP contribution is -2.44. The maximum Gasteiger partial charge on any atom is 0.187 e. The minimum absolute atomic E-state index is 0.000545. The van der Waals surface area contributed by atoms with Gasteiger partial charge in [0.15, 0.2) is 5.78 Å². The Morgan fingerprint density at radius 1 is 1.50 bits per heavy atom. The smallest absolute Gasteiger partial charge is 0.187 e. The maximum absolute atomic E-state index is 12.5. The lowest BCUT2D eigenvalue weighted by molar-refractivity contribution is -0.116. The van der Waals surface area contributed by atoms with E-state index in [-0.39, 0.29) is 42.7 Å². The molecule has 24 heavy (non-hydrogen) atoms. The number of thiocarbonyl (C=S) groups is 1. The van der Waals surface area contributed by atoms with Gasteiger partial charge in [-0.05, 0) is 18.9 Å². The molecule has 1 rings (SSSR count). The van der Waals surface area contributed by atoms with Crippen LogP contribution in [0, 0.1) is 5.92 Å². The highest BCUT2D eigenvalue weighted by Crippen LogP contribution is 2.20. The summed E-state index contributed by atoms with van der Waals surface area (Å²) >= 11 is 10.8. The van der Waals surface area contributed by atoms with E-state index in [1.54, 1.807) is 11.0 Å². The van der Waals surface area contributed by atoms with E-state index in [2.05, 4.69) is 5.16 Å². The Morgan fingerprint density at radius 2 is 2.21 bits per heavy atom. The Bertz CT molecular complexity index is 558. The van der Waals surface area contributed by atoms with E-state index < -0.39 is 0 Å². The molecule has 1 aliphatic heterocycles. The molecule has 7 heteroatoms. The normalized spacial score (nSPS) is 17.6.